The summed E-state index contributed by atoms with van der Waals surface area (Å²) in [6.07, 6.45) is 4.04. The fourth-order valence-corrected chi connectivity index (χ4v) is 3.83. The second-order valence-corrected chi connectivity index (χ2v) is 5.32. The van der Waals surface area contributed by atoms with Crippen molar-refractivity contribution in [1.82, 2.24) is 0 Å². The Morgan fingerprint density at radius 1 is 1.29 bits per heavy atom. The first kappa shape index (κ1) is 8.49. The zero-order valence-corrected chi connectivity index (χ0v) is 9.23. The van der Waals surface area contributed by atoms with Crippen LogP contribution in [0.2, 0.25) is 0 Å². The second-order valence-electron chi connectivity index (χ2n) is 4.23. The summed E-state index contributed by atoms with van der Waals surface area (Å²) >= 11 is 2.01. The third kappa shape index (κ3) is 1.12. The molecule has 0 aliphatic heterocycles. The molecule has 0 radical (unpaired) electrons. The van der Waals surface area contributed by atoms with Gasteiger partial charge in [0.25, 0.3) is 0 Å². The van der Waals surface area contributed by atoms with Crippen LogP contribution in [0, 0.1) is 0 Å². The average molecular weight is 202 g/mol. The Bertz CT molecular complexity index is 467. The Kier molecular flexibility index (Phi) is 1.88. The van der Waals surface area contributed by atoms with E-state index in [1.54, 1.807) is 10.4 Å². The highest BCUT2D eigenvalue weighted by Crippen LogP contribution is 2.41. The van der Waals surface area contributed by atoms with Gasteiger partial charge in [-0.05, 0) is 42.2 Å². The Balaban J connectivity index is 2.32. The minimum atomic E-state index is 0.788. The lowest BCUT2D eigenvalue weighted by molar-refractivity contribution is 0.604. The van der Waals surface area contributed by atoms with Crippen molar-refractivity contribution in [2.45, 2.75) is 32.1 Å². The van der Waals surface area contributed by atoms with Gasteiger partial charge in [0.05, 0.1) is 0 Å². The molecule has 1 aromatic heterocycles. The number of rotatable bonds is 0. The van der Waals surface area contributed by atoms with Crippen LogP contribution < -0.4 is 0 Å². The van der Waals surface area contributed by atoms with E-state index in [1.165, 1.54) is 29.3 Å². The molecule has 1 heterocycles. The summed E-state index contributed by atoms with van der Waals surface area (Å²) < 4.78 is 1.48. The van der Waals surface area contributed by atoms with Crippen LogP contribution in [0.5, 0.6) is 0 Å². The number of benzene rings is 1. The molecule has 0 N–H and O–H groups in total. The lowest BCUT2D eigenvalue weighted by atomic mass is 9.89. The van der Waals surface area contributed by atoms with Gasteiger partial charge in [-0.3, -0.25) is 0 Å². The highest BCUT2D eigenvalue weighted by Gasteiger charge is 2.20. The molecule has 2 aromatic rings. The van der Waals surface area contributed by atoms with Gasteiger partial charge in [0.2, 0.25) is 0 Å². The molecule has 0 bridgehead atoms. The first-order valence-corrected chi connectivity index (χ1v) is 6.18. The average Bonchev–Trinajstić information content (AvgIpc) is 2.59. The molecule has 0 saturated heterocycles. The fourth-order valence-electron chi connectivity index (χ4n) is 2.49. The van der Waals surface area contributed by atoms with Gasteiger partial charge in [0.15, 0.2) is 0 Å². The predicted octanol–water partition coefficient (Wildman–Crippen LogP) is 4.34. The zero-order valence-electron chi connectivity index (χ0n) is 8.42. The molecule has 0 spiro atoms. The van der Waals surface area contributed by atoms with Crippen molar-refractivity contribution in [2.24, 2.45) is 0 Å². The van der Waals surface area contributed by atoms with Crippen molar-refractivity contribution in [2.75, 3.05) is 0 Å². The minimum absolute atomic E-state index is 0.788. The van der Waals surface area contributed by atoms with Crippen molar-refractivity contribution in [3.63, 3.8) is 0 Å². The lowest BCUT2D eigenvalue weighted by Gasteiger charge is -2.17. The summed E-state index contributed by atoms with van der Waals surface area (Å²) in [6, 6.07) is 8.84. The maximum atomic E-state index is 2.37. The Morgan fingerprint density at radius 2 is 2.14 bits per heavy atom. The summed E-state index contributed by atoms with van der Waals surface area (Å²) in [7, 11) is 0. The topological polar surface area (TPSA) is 0 Å². The van der Waals surface area contributed by atoms with Crippen LogP contribution in [0.3, 0.4) is 0 Å². The third-order valence-corrected chi connectivity index (χ3v) is 4.69. The van der Waals surface area contributed by atoms with Crippen LogP contribution in [0.15, 0.2) is 24.3 Å². The first-order valence-electron chi connectivity index (χ1n) is 5.36. The van der Waals surface area contributed by atoms with E-state index < -0.39 is 0 Å². The number of fused-ring (bicyclic) bond motifs is 3. The van der Waals surface area contributed by atoms with Gasteiger partial charge >= 0.3 is 0 Å². The van der Waals surface area contributed by atoms with Gasteiger partial charge < -0.3 is 0 Å². The van der Waals surface area contributed by atoms with Gasteiger partial charge in [0.1, 0.15) is 0 Å². The van der Waals surface area contributed by atoms with Crippen LogP contribution in [-0.4, -0.2) is 0 Å². The molecular formula is C13H14S. The maximum Gasteiger partial charge on any atom is 0.0348 e. The standard InChI is InChI=1S/C13H14S/c1-9-5-4-7-11-10-6-2-3-8-12(10)14-13(9)11/h2-3,6,8-9H,4-5,7H2,1H3. The first-order chi connectivity index (χ1) is 6.86. The molecule has 0 nitrogen and oxygen atoms in total. The van der Waals surface area contributed by atoms with Gasteiger partial charge in [0, 0.05) is 9.58 Å². The van der Waals surface area contributed by atoms with Crippen molar-refractivity contribution in [3.05, 3.63) is 34.7 Å². The number of thiophene rings is 1. The van der Waals surface area contributed by atoms with Crippen LogP contribution in [-0.2, 0) is 6.42 Å². The van der Waals surface area contributed by atoms with Gasteiger partial charge in [-0.15, -0.1) is 11.3 Å². The molecule has 0 fully saturated rings. The summed E-state index contributed by atoms with van der Waals surface area (Å²) in [6.45, 7) is 2.37. The zero-order chi connectivity index (χ0) is 9.54. The molecule has 1 aliphatic carbocycles. The molecular weight excluding hydrogens is 188 g/mol. The molecule has 3 rings (SSSR count). The number of aryl methyl sites for hydroxylation is 1. The molecule has 1 aromatic carbocycles. The Hall–Kier alpha value is -0.820. The molecule has 1 heteroatoms. The second kappa shape index (κ2) is 3.09. The van der Waals surface area contributed by atoms with E-state index >= 15 is 0 Å². The van der Waals surface area contributed by atoms with Gasteiger partial charge in [-0.2, -0.15) is 0 Å². The normalized spacial score (nSPS) is 21.1. The van der Waals surface area contributed by atoms with E-state index in [-0.39, 0.29) is 0 Å². The van der Waals surface area contributed by atoms with E-state index in [2.05, 4.69) is 31.2 Å². The lowest BCUT2D eigenvalue weighted by Crippen LogP contribution is -2.02. The molecule has 0 saturated carbocycles. The molecule has 1 atom stereocenters. The molecule has 0 amide bonds. The van der Waals surface area contributed by atoms with Gasteiger partial charge in [-0.1, -0.05) is 25.1 Å². The van der Waals surface area contributed by atoms with Crippen molar-refractivity contribution in [1.29, 1.82) is 0 Å². The highest BCUT2D eigenvalue weighted by molar-refractivity contribution is 7.19. The van der Waals surface area contributed by atoms with E-state index in [0.717, 1.165) is 5.92 Å². The van der Waals surface area contributed by atoms with Crippen LogP contribution in [0.1, 0.15) is 36.1 Å². The molecule has 72 valence electrons. The summed E-state index contributed by atoms with van der Waals surface area (Å²) in [4.78, 5) is 1.65. The fraction of sp³-hybridized carbons (Fsp3) is 0.385. The Morgan fingerprint density at radius 3 is 3.07 bits per heavy atom. The van der Waals surface area contributed by atoms with E-state index in [4.69, 9.17) is 0 Å². The monoisotopic (exact) mass is 202 g/mol. The summed E-state index contributed by atoms with van der Waals surface area (Å²) in [5.41, 5.74) is 1.64. The molecule has 1 unspecified atom stereocenters. The molecule has 1 aliphatic rings. The summed E-state index contributed by atoms with van der Waals surface area (Å²) in [5.74, 6) is 0.788. The minimum Gasteiger partial charge on any atom is -0.140 e. The molecule has 14 heavy (non-hydrogen) atoms. The SMILES string of the molecule is CC1CCCc2c1sc1ccccc21. The van der Waals surface area contributed by atoms with Crippen molar-refractivity contribution < 1.29 is 0 Å². The third-order valence-electron chi connectivity index (χ3n) is 3.24. The van der Waals surface area contributed by atoms with E-state index in [9.17, 15) is 0 Å². The van der Waals surface area contributed by atoms with Crippen LogP contribution in [0.4, 0.5) is 0 Å². The largest absolute Gasteiger partial charge is 0.140 e. The quantitative estimate of drug-likeness (QED) is 0.596. The number of hydrogen-bond donors (Lipinski definition) is 0. The van der Waals surface area contributed by atoms with Crippen molar-refractivity contribution in [3.8, 4) is 0 Å². The van der Waals surface area contributed by atoms with Crippen LogP contribution in [0.25, 0.3) is 10.1 Å². The van der Waals surface area contributed by atoms with E-state index in [0.29, 0.717) is 0 Å². The van der Waals surface area contributed by atoms with E-state index in [1.807, 2.05) is 11.3 Å². The predicted molar refractivity (Wildman–Crippen MR) is 63.2 cm³/mol. The highest BCUT2D eigenvalue weighted by atomic mass is 32.1. The summed E-state index contributed by atoms with van der Waals surface area (Å²) in [5, 5.41) is 1.51. The van der Waals surface area contributed by atoms with Gasteiger partial charge in [-0.25, -0.2) is 0 Å². The smallest absolute Gasteiger partial charge is 0.0348 e. The number of hydrogen-bond acceptors (Lipinski definition) is 1. The maximum absolute atomic E-state index is 2.37. The van der Waals surface area contributed by atoms with Crippen LogP contribution >= 0.6 is 11.3 Å². The van der Waals surface area contributed by atoms with Crippen molar-refractivity contribution >= 4 is 21.4 Å². The Labute approximate surface area is 88.6 Å².